The minimum Gasteiger partial charge on any atom is -0.495 e. The molecule has 2 rings (SSSR count). The number of rotatable bonds is 6. The van der Waals surface area contributed by atoms with Crippen LogP contribution in [0.1, 0.15) is 6.92 Å². The van der Waals surface area contributed by atoms with Crippen LogP contribution in [0.15, 0.2) is 36.4 Å². The summed E-state index contributed by atoms with van der Waals surface area (Å²) < 4.78 is 18.8. The molecule has 2 aromatic carbocycles. The Labute approximate surface area is 149 Å². The van der Waals surface area contributed by atoms with E-state index in [2.05, 4.69) is 16.0 Å². The second-order valence-electron chi connectivity index (χ2n) is 5.13. The van der Waals surface area contributed by atoms with Crippen LogP contribution in [0, 0.1) is 5.82 Å². The maximum Gasteiger partial charge on any atom is 0.243 e. The van der Waals surface area contributed by atoms with Gasteiger partial charge in [-0.25, -0.2) is 4.39 Å². The number of hydrogen-bond acceptors (Lipinski definition) is 4. The highest BCUT2D eigenvalue weighted by molar-refractivity contribution is 6.32. The Kier molecular flexibility index (Phi) is 6.19. The van der Waals surface area contributed by atoms with E-state index in [-0.39, 0.29) is 24.0 Å². The van der Waals surface area contributed by atoms with E-state index in [1.54, 1.807) is 18.2 Å². The minimum atomic E-state index is -0.533. The van der Waals surface area contributed by atoms with Crippen molar-refractivity contribution in [1.82, 2.24) is 0 Å². The first-order chi connectivity index (χ1) is 11.9. The van der Waals surface area contributed by atoms with Crippen LogP contribution in [0.3, 0.4) is 0 Å². The lowest BCUT2D eigenvalue weighted by Crippen LogP contribution is -2.22. The van der Waals surface area contributed by atoms with Crippen LogP contribution in [0.2, 0.25) is 5.02 Å². The van der Waals surface area contributed by atoms with Crippen molar-refractivity contribution in [2.45, 2.75) is 6.92 Å². The molecule has 0 saturated heterocycles. The Hall–Kier alpha value is -2.80. The number of amides is 2. The zero-order valence-electron chi connectivity index (χ0n) is 13.7. The molecule has 0 bridgehead atoms. The van der Waals surface area contributed by atoms with Crippen molar-refractivity contribution in [3.63, 3.8) is 0 Å². The highest BCUT2D eigenvalue weighted by atomic mass is 35.5. The molecular formula is C17H17ClFN3O3. The van der Waals surface area contributed by atoms with Gasteiger partial charge in [0.05, 0.1) is 24.4 Å². The predicted molar refractivity (Wildman–Crippen MR) is 95.8 cm³/mol. The van der Waals surface area contributed by atoms with E-state index < -0.39 is 5.82 Å². The smallest absolute Gasteiger partial charge is 0.243 e. The van der Waals surface area contributed by atoms with Gasteiger partial charge in [0, 0.05) is 18.3 Å². The summed E-state index contributed by atoms with van der Waals surface area (Å²) in [6, 6.07) is 8.86. The second-order valence-corrected chi connectivity index (χ2v) is 5.53. The number of methoxy groups -OCH3 is 1. The first-order valence-electron chi connectivity index (χ1n) is 7.33. The lowest BCUT2D eigenvalue weighted by Gasteiger charge is -2.11. The molecule has 2 aromatic rings. The van der Waals surface area contributed by atoms with E-state index in [4.69, 9.17) is 16.3 Å². The molecule has 0 unspecified atom stereocenters. The molecule has 0 atom stereocenters. The van der Waals surface area contributed by atoms with E-state index in [1.807, 2.05) is 0 Å². The van der Waals surface area contributed by atoms with Crippen molar-refractivity contribution in [3.05, 3.63) is 47.2 Å². The molecule has 0 radical (unpaired) electrons. The van der Waals surface area contributed by atoms with Crippen LogP contribution in [0.5, 0.6) is 5.75 Å². The van der Waals surface area contributed by atoms with Crippen molar-refractivity contribution >= 4 is 40.5 Å². The van der Waals surface area contributed by atoms with Crippen LogP contribution < -0.4 is 20.7 Å². The number of carbonyl (C=O) groups excluding carboxylic acids is 2. The van der Waals surface area contributed by atoms with Gasteiger partial charge in [0.1, 0.15) is 11.6 Å². The van der Waals surface area contributed by atoms with Crippen LogP contribution in [-0.2, 0) is 9.59 Å². The number of nitrogens with one attached hydrogen (secondary N) is 3. The summed E-state index contributed by atoms with van der Waals surface area (Å²) in [7, 11) is 1.49. The van der Waals surface area contributed by atoms with Gasteiger partial charge >= 0.3 is 0 Å². The third-order valence-corrected chi connectivity index (χ3v) is 3.46. The van der Waals surface area contributed by atoms with Gasteiger partial charge in [-0.1, -0.05) is 11.6 Å². The fraction of sp³-hybridized carbons (Fsp3) is 0.176. The molecule has 0 spiro atoms. The maximum absolute atomic E-state index is 13.8. The van der Waals surface area contributed by atoms with Gasteiger partial charge in [0.2, 0.25) is 11.8 Å². The van der Waals surface area contributed by atoms with Crippen molar-refractivity contribution in [1.29, 1.82) is 0 Å². The molecule has 2 amide bonds. The first kappa shape index (κ1) is 18.5. The van der Waals surface area contributed by atoms with E-state index in [0.717, 1.165) is 0 Å². The fourth-order valence-corrected chi connectivity index (χ4v) is 2.32. The lowest BCUT2D eigenvalue weighted by atomic mass is 10.2. The Bertz CT molecular complexity index is 799. The molecule has 0 aromatic heterocycles. The highest BCUT2D eigenvalue weighted by Crippen LogP contribution is 2.27. The lowest BCUT2D eigenvalue weighted by molar-refractivity contribution is -0.115. The third-order valence-electron chi connectivity index (χ3n) is 3.16. The van der Waals surface area contributed by atoms with Crippen molar-refractivity contribution in [2.75, 3.05) is 29.6 Å². The molecule has 0 fully saturated rings. The normalized spacial score (nSPS) is 10.1. The van der Waals surface area contributed by atoms with E-state index in [9.17, 15) is 14.0 Å². The summed E-state index contributed by atoms with van der Waals surface area (Å²) in [4.78, 5) is 23.0. The average molecular weight is 366 g/mol. The number of ether oxygens (including phenoxy) is 1. The second kappa shape index (κ2) is 8.34. The molecule has 132 valence electrons. The molecule has 8 heteroatoms. The van der Waals surface area contributed by atoms with Crippen LogP contribution in [0.25, 0.3) is 0 Å². The van der Waals surface area contributed by atoms with Crippen LogP contribution >= 0.6 is 11.6 Å². The Morgan fingerprint density at radius 2 is 1.80 bits per heavy atom. The molecule has 3 N–H and O–H groups in total. The van der Waals surface area contributed by atoms with Gasteiger partial charge in [0.15, 0.2) is 0 Å². The van der Waals surface area contributed by atoms with Gasteiger partial charge < -0.3 is 20.7 Å². The zero-order valence-corrected chi connectivity index (χ0v) is 14.4. The number of carbonyl (C=O) groups is 2. The highest BCUT2D eigenvalue weighted by Gasteiger charge is 2.09. The van der Waals surface area contributed by atoms with E-state index in [0.29, 0.717) is 22.1 Å². The molecule has 0 aliphatic carbocycles. The topological polar surface area (TPSA) is 79.5 Å². The van der Waals surface area contributed by atoms with E-state index >= 15 is 0 Å². The minimum absolute atomic E-state index is 0.106. The van der Waals surface area contributed by atoms with Gasteiger partial charge in [-0.2, -0.15) is 0 Å². The van der Waals surface area contributed by atoms with Gasteiger partial charge in [-0.05, 0) is 36.4 Å². The number of hydrogen-bond donors (Lipinski definition) is 3. The fourth-order valence-electron chi connectivity index (χ4n) is 2.07. The van der Waals surface area contributed by atoms with Gasteiger partial charge in [0.25, 0.3) is 0 Å². The van der Waals surface area contributed by atoms with E-state index in [1.165, 1.54) is 32.2 Å². The Balaban J connectivity index is 1.97. The van der Waals surface area contributed by atoms with Crippen LogP contribution in [0.4, 0.5) is 21.5 Å². The average Bonchev–Trinajstić information content (AvgIpc) is 2.55. The van der Waals surface area contributed by atoms with Gasteiger partial charge in [-0.3, -0.25) is 9.59 Å². The molecule has 6 nitrogen and oxygen atoms in total. The summed E-state index contributed by atoms with van der Waals surface area (Å²) in [5.41, 5.74) is 1.03. The van der Waals surface area contributed by atoms with Crippen LogP contribution in [-0.4, -0.2) is 25.5 Å². The standard InChI is InChI=1S/C17H17ClFN3O3/c1-10(23)21-12-3-5-14(19)15(8-12)20-9-17(24)22-11-4-6-16(25-2)13(18)7-11/h3-8,20H,9H2,1-2H3,(H,21,23)(H,22,24). The molecule has 0 saturated carbocycles. The number of benzene rings is 2. The summed E-state index contributed by atoms with van der Waals surface area (Å²) in [5.74, 6) is -0.693. The SMILES string of the molecule is COc1ccc(NC(=O)CNc2cc(NC(C)=O)ccc2F)cc1Cl. The van der Waals surface area contributed by atoms with Gasteiger partial charge in [-0.15, -0.1) is 0 Å². The van der Waals surface area contributed by atoms with Crippen molar-refractivity contribution in [3.8, 4) is 5.75 Å². The maximum atomic E-state index is 13.8. The quantitative estimate of drug-likeness (QED) is 0.732. The molecule has 0 aliphatic rings. The molecule has 25 heavy (non-hydrogen) atoms. The predicted octanol–water partition coefficient (Wildman–Crippen LogP) is 3.50. The summed E-state index contributed by atoms with van der Waals surface area (Å²) in [6.45, 7) is 1.19. The van der Waals surface area contributed by atoms with Crippen molar-refractivity contribution < 1.29 is 18.7 Å². The van der Waals surface area contributed by atoms with Crippen molar-refractivity contribution in [2.24, 2.45) is 0 Å². The number of anilines is 3. The summed E-state index contributed by atoms with van der Waals surface area (Å²) in [6.07, 6.45) is 0. The Morgan fingerprint density at radius 3 is 2.44 bits per heavy atom. The first-order valence-corrected chi connectivity index (χ1v) is 7.71. The number of halogens is 2. The summed E-state index contributed by atoms with van der Waals surface area (Å²) in [5, 5.41) is 8.23. The third kappa shape index (κ3) is 5.36. The summed E-state index contributed by atoms with van der Waals surface area (Å²) >= 11 is 5.99. The molecule has 0 heterocycles. The Morgan fingerprint density at radius 1 is 1.12 bits per heavy atom. The zero-order chi connectivity index (χ0) is 18.4. The molecule has 0 aliphatic heterocycles. The monoisotopic (exact) mass is 365 g/mol. The molecular weight excluding hydrogens is 349 g/mol. The largest absolute Gasteiger partial charge is 0.495 e.